The molecule has 47 heavy (non-hydrogen) atoms. The van der Waals surface area contributed by atoms with Crippen molar-refractivity contribution in [2.45, 2.75) is 5.41 Å². The van der Waals surface area contributed by atoms with Crippen molar-refractivity contribution in [3.05, 3.63) is 192 Å². The molecule has 2 nitrogen and oxygen atoms in total. The van der Waals surface area contributed by atoms with E-state index in [2.05, 4.69) is 158 Å². The summed E-state index contributed by atoms with van der Waals surface area (Å²) in [6.45, 7) is 0. The number of hydrogen-bond donors (Lipinski definition) is 2. The van der Waals surface area contributed by atoms with E-state index in [-0.39, 0.29) is 0 Å². The molecule has 0 saturated heterocycles. The maximum Gasteiger partial charge on any atom is 0.0715 e. The standard InChI is InChI=1S/C45H32N2/c46-39-13-5-11-37(27-39)45(38-12-6-14-40(47)28-38)43-25-35(33-17-15-29-7-1-3-9-31(29)23-33)19-21-41(43)42-22-20-36(26-44(42)45)34-18-16-30-8-2-4-10-32(30)24-34/h1-28H,46-47H2. The SMILES string of the molecule is Nc1cccc(C2(c3cccc(N)c3)c3cc(-c4ccc5ccccc5c4)ccc3-c3ccc(-c4ccc5ccccc5c4)cc32)c1. The number of benzene rings is 8. The molecule has 222 valence electrons. The first-order valence-corrected chi connectivity index (χ1v) is 16.1. The summed E-state index contributed by atoms with van der Waals surface area (Å²) in [4.78, 5) is 0. The van der Waals surface area contributed by atoms with Gasteiger partial charge in [0.1, 0.15) is 0 Å². The lowest BCUT2D eigenvalue weighted by Gasteiger charge is -2.34. The molecule has 0 saturated carbocycles. The summed E-state index contributed by atoms with van der Waals surface area (Å²) in [7, 11) is 0. The van der Waals surface area contributed by atoms with Gasteiger partial charge in [0.15, 0.2) is 0 Å². The van der Waals surface area contributed by atoms with Crippen LogP contribution in [0.3, 0.4) is 0 Å². The number of rotatable bonds is 4. The zero-order valence-corrected chi connectivity index (χ0v) is 25.8. The van der Waals surface area contributed by atoms with Crippen LogP contribution >= 0.6 is 0 Å². The van der Waals surface area contributed by atoms with Crippen molar-refractivity contribution in [2.75, 3.05) is 11.5 Å². The van der Waals surface area contributed by atoms with Crippen LogP contribution in [0, 0.1) is 0 Å². The van der Waals surface area contributed by atoms with E-state index >= 15 is 0 Å². The molecular formula is C45H32N2. The Morgan fingerprint density at radius 3 is 1.17 bits per heavy atom. The summed E-state index contributed by atoms with van der Waals surface area (Å²) >= 11 is 0. The van der Waals surface area contributed by atoms with Crippen LogP contribution in [-0.4, -0.2) is 0 Å². The lowest BCUT2D eigenvalue weighted by Crippen LogP contribution is -2.29. The molecular weight excluding hydrogens is 569 g/mol. The predicted molar refractivity (Wildman–Crippen MR) is 198 cm³/mol. The Bertz CT molecular complexity index is 2330. The minimum Gasteiger partial charge on any atom is -0.399 e. The third kappa shape index (κ3) is 4.26. The monoisotopic (exact) mass is 600 g/mol. The van der Waals surface area contributed by atoms with E-state index in [1.807, 2.05) is 12.1 Å². The number of anilines is 2. The van der Waals surface area contributed by atoms with Crippen LogP contribution in [0.5, 0.6) is 0 Å². The van der Waals surface area contributed by atoms with E-state index in [4.69, 9.17) is 11.5 Å². The smallest absolute Gasteiger partial charge is 0.0715 e. The molecule has 0 bridgehead atoms. The van der Waals surface area contributed by atoms with Gasteiger partial charge in [-0.3, -0.25) is 0 Å². The quantitative estimate of drug-likeness (QED) is 0.197. The van der Waals surface area contributed by atoms with Gasteiger partial charge in [-0.05, 0) is 126 Å². The van der Waals surface area contributed by atoms with E-state index in [9.17, 15) is 0 Å². The van der Waals surface area contributed by atoms with Gasteiger partial charge in [-0.15, -0.1) is 0 Å². The highest BCUT2D eigenvalue weighted by molar-refractivity contribution is 5.93. The fourth-order valence-electron chi connectivity index (χ4n) is 7.75. The second-order valence-electron chi connectivity index (χ2n) is 12.6. The third-order valence-corrected chi connectivity index (χ3v) is 9.94. The summed E-state index contributed by atoms with van der Waals surface area (Å²) in [5.41, 5.74) is 25.8. The summed E-state index contributed by atoms with van der Waals surface area (Å²) in [5, 5.41) is 4.93. The Morgan fingerprint density at radius 2 is 0.723 bits per heavy atom. The van der Waals surface area contributed by atoms with E-state index in [0.29, 0.717) is 0 Å². The van der Waals surface area contributed by atoms with E-state index < -0.39 is 5.41 Å². The fraction of sp³-hybridized carbons (Fsp3) is 0.0222. The molecule has 4 N–H and O–H groups in total. The van der Waals surface area contributed by atoms with Crippen LogP contribution in [0.25, 0.3) is 54.9 Å². The van der Waals surface area contributed by atoms with Crippen molar-refractivity contribution in [2.24, 2.45) is 0 Å². The summed E-state index contributed by atoms with van der Waals surface area (Å²) < 4.78 is 0. The molecule has 0 aliphatic heterocycles. The van der Waals surface area contributed by atoms with Crippen molar-refractivity contribution >= 4 is 32.9 Å². The van der Waals surface area contributed by atoms with E-state index in [1.165, 1.54) is 66.1 Å². The van der Waals surface area contributed by atoms with Crippen molar-refractivity contribution in [3.8, 4) is 33.4 Å². The lowest BCUT2D eigenvalue weighted by atomic mass is 9.67. The number of fused-ring (bicyclic) bond motifs is 5. The largest absolute Gasteiger partial charge is 0.399 e. The Kier molecular flexibility index (Phi) is 6.06. The topological polar surface area (TPSA) is 52.0 Å². The van der Waals surface area contributed by atoms with Gasteiger partial charge in [-0.2, -0.15) is 0 Å². The van der Waals surface area contributed by atoms with Gasteiger partial charge in [0.05, 0.1) is 5.41 Å². The van der Waals surface area contributed by atoms with Crippen molar-refractivity contribution in [1.82, 2.24) is 0 Å². The Labute approximate surface area is 274 Å². The molecule has 1 aliphatic rings. The lowest BCUT2D eigenvalue weighted by molar-refractivity contribution is 0.770. The van der Waals surface area contributed by atoms with Gasteiger partial charge in [0, 0.05) is 11.4 Å². The number of nitrogens with two attached hydrogens (primary N) is 2. The van der Waals surface area contributed by atoms with Crippen molar-refractivity contribution < 1.29 is 0 Å². The molecule has 0 amide bonds. The highest BCUT2D eigenvalue weighted by Gasteiger charge is 2.46. The molecule has 0 unspecified atom stereocenters. The Hall–Kier alpha value is -6.12. The Balaban J connectivity index is 1.35. The molecule has 0 aromatic heterocycles. The minimum atomic E-state index is -0.644. The highest BCUT2D eigenvalue weighted by Crippen LogP contribution is 2.58. The van der Waals surface area contributed by atoms with Gasteiger partial charge in [-0.1, -0.05) is 121 Å². The van der Waals surface area contributed by atoms with Gasteiger partial charge >= 0.3 is 0 Å². The maximum atomic E-state index is 6.56. The molecule has 0 fully saturated rings. The van der Waals surface area contributed by atoms with Crippen LogP contribution in [0.4, 0.5) is 11.4 Å². The molecule has 0 heterocycles. The Morgan fingerprint density at radius 1 is 0.319 bits per heavy atom. The van der Waals surface area contributed by atoms with Crippen LogP contribution in [-0.2, 0) is 5.41 Å². The second kappa shape index (κ2) is 10.5. The average molecular weight is 601 g/mol. The van der Waals surface area contributed by atoms with Gasteiger partial charge in [0.25, 0.3) is 0 Å². The minimum absolute atomic E-state index is 0.644. The van der Waals surface area contributed by atoms with E-state index in [1.54, 1.807) is 0 Å². The van der Waals surface area contributed by atoms with Crippen molar-refractivity contribution in [3.63, 3.8) is 0 Å². The summed E-state index contributed by atoms with van der Waals surface area (Å²) in [6.07, 6.45) is 0. The molecule has 2 heteroatoms. The maximum absolute atomic E-state index is 6.56. The summed E-state index contributed by atoms with van der Waals surface area (Å²) in [6, 6.07) is 61.2. The number of hydrogen-bond acceptors (Lipinski definition) is 2. The van der Waals surface area contributed by atoms with Gasteiger partial charge < -0.3 is 11.5 Å². The summed E-state index contributed by atoms with van der Waals surface area (Å²) in [5.74, 6) is 0. The molecule has 8 aromatic rings. The molecule has 0 radical (unpaired) electrons. The fourth-order valence-corrected chi connectivity index (χ4v) is 7.75. The van der Waals surface area contributed by atoms with E-state index in [0.717, 1.165) is 22.5 Å². The average Bonchev–Trinajstić information content (AvgIpc) is 3.41. The van der Waals surface area contributed by atoms with Crippen LogP contribution in [0.1, 0.15) is 22.3 Å². The highest BCUT2D eigenvalue weighted by atomic mass is 14.6. The van der Waals surface area contributed by atoms with Crippen LogP contribution in [0.2, 0.25) is 0 Å². The zero-order valence-electron chi connectivity index (χ0n) is 25.8. The zero-order chi connectivity index (χ0) is 31.5. The number of nitrogen functional groups attached to an aromatic ring is 2. The first kappa shape index (κ1) is 27.2. The molecule has 1 aliphatic carbocycles. The first-order chi connectivity index (χ1) is 23.1. The molecule has 0 atom stereocenters. The second-order valence-corrected chi connectivity index (χ2v) is 12.6. The molecule has 9 rings (SSSR count). The molecule has 8 aromatic carbocycles. The van der Waals surface area contributed by atoms with Gasteiger partial charge in [0.2, 0.25) is 0 Å². The van der Waals surface area contributed by atoms with Crippen LogP contribution < -0.4 is 11.5 Å². The van der Waals surface area contributed by atoms with Gasteiger partial charge in [-0.25, -0.2) is 0 Å². The predicted octanol–water partition coefficient (Wildman–Crippen LogP) is 10.9. The van der Waals surface area contributed by atoms with Crippen LogP contribution in [0.15, 0.2) is 170 Å². The molecule has 0 spiro atoms. The first-order valence-electron chi connectivity index (χ1n) is 16.1. The van der Waals surface area contributed by atoms with Crippen molar-refractivity contribution in [1.29, 1.82) is 0 Å². The third-order valence-electron chi connectivity index (χ3n) is 9.94. The normalized spacial score (nSPS) is 13.0.